The lowest BCUT2D eigenvalue weighted by Crippen LogP contribution is -2.43. The molecule has 0 atom stereocenters. The summed E-state index contributed by atoms with van der Waals surface area (Å²) in [6.45, 7) is 3.37. The summed E-state index contributed by atoms with van der Waals surface area (Å²) in [7, 11) is 0. The van der Waals surface area contributed by atoms with Gasteiger partial charge in [0.05, 0.1) is 18.6 Å². The normalized spacial score (nSPS) is 22.8. The maximum Gasteiger partial charge on any atom is 0.130 e. The van der Waals surface area contributed by atoms with Crippen LogP contribution in [0.4, 0.5) is 0 Å². The molecule has 0 aromatic rings. The van der Waals surface area contributed by atoms with Gasteiger partial charge in [-0.15, -0.1) is 0 Å². The molecule has 1 aliphatic heterocycles. The number of carbonyl (C=O) groups is 1. The Morgan fingerprint density at radius 2 is 2.33 bits per heavy atom. The number of rotatable bonds is 3. The second-order valence-electron chi connectivity index (χ2n) is 2.72. The molecular weight excluding hydrogens is 116 g/mol. The first-order valence-electron chi connectivity index (χ1n) is 3.37. The van der Waals surface area contributed by atoms with Crippen molar-refractivity contribution in [1.29, 1.82) is 0 Å². The van der Waals surface area contributed by atoms with Gasteiger partial charge in [-0.3, -0.25) is 0 Å². The molecule has 0 saturated carbocycles. The Balaban J connectivity index is 2.37. The van der Waals surface area contributed by atoms with E-state index in [0.717, 1.165) is 19.1 Å². The Hall–Kier alpha value is -0.370. The highest BCUT2D eigenvalue weighted by atomic mass is 16.5. The molecule has 9 heavy (non-hydrogen) atoms. The molecule has 2 nitrogen and oxygen atoms in total. The topological polar surface area (TPSA) is 26.3 Å². The molecule has 1 fully saturated rings. The van der Waals surface area contributed by atoms with E-state index in [2.05, 4.69) is 6.92 Å². The maximum atomic E-state index is 10.4. The molecule has 0 bridgehead atoms. The Morgan fingerprint density at radius 3 is 2.44 bits per heavy atom. The van der Waals surface area contributed by atoms with Crippen molar-refractivity contribution in [3.63, 3.8) is 0 Å². The van der Waals surface area contributed by atoms with Crippen LogP contribution in [0.1, 0.15) is 19.8 Å². The zero-order valence-electron chi connectivity index (χ0n) is 5.72. The summed E-state index contributed by atoms with van der Waals surface area (Å²) in [5, 5.41) is 0. The SMILES string of the molecule is CCCC1(C=O)COC1. The van der Waals surface area contributed by atoms with Crippen molar-refractivity contribution in [2.75, 3.05) is 13.2 Å². The lowest BCUT2D eigenvalue weighted by Gasteiger charge is -2.36. The third-order valence-corrected chi connectivity index (χ3v) is 1.78. The van der Waals surface area contributed by atoms with Crippen LogP contribution in [0.3, 0.4) is 0 Å². The molecule has 1 heterocycles. The van der Waals surface area contributed by atoms with Crippen LogP contribution < -0.4 is 0 Å². The molecular formula is C7H12O2. The van der Waals surface area contributed by atoms with Crippen LogP contribution in [0.5, 0.6) is 0 Å². The molecule has 1 saturated heterocycles. The highest BCUT2D eigenvalue weighted by Gasteiger charge is 2.37. The van der Waals surface area contributed by atoms with E-state index in [0.29, 0.717) is 13.2 Å². The summed E-state index contributed by atoms with van der Waals surface area (Å²) < 4.78 is 4.95. The minimum absolute atomic E-state index is 0.0885. The molecule has 1 aliphatic rings. The first-order valence-corrected chi connectivity index (χ1v) is 3.37. The van der Waals surface area contributed by atoms with E-state index in [1.54, 1.807) is 0 Å². The zero-order chi connectivity index (χ0) is 6.74. The predicted molar refractivity (Wildman–Crippen MR) is 34.2 cm³/mol. The molecule has 0 aromatic carbocycles. The van der Waals surface area contributed by atoms with Crippen LogP contribution >= 0.6 is 0 Å². The van der Waals surface area contributed by atoms with Crippen LogP contribution in [0.15, 0.2) is 0 Å². The molecule has 2 heteroatoms. The van der Waals surface area contributed by atoms with Crippen LogP contribution in [0.25, 0.3) is 0 Å². The van der Waals surface area contributed by atoms with Gasteiger partial charge in [0.15, 0.2) is 0 Å². The van der Waals surface area contributed by atoms with Crippen LogP contribution in [0, 0.1) is 5.41 Å². The first kappa shape index (κ1) is 6.75. The zero-order valence-corrected chi connectivity index (χ0v) is 5.72. The van der Waals surface area contributed by atoms with E-state index in [9.17, 15) is 4.79 Å². The van der Waals surface area contributed by atoms with Gasteiger partial charge in [0.2, 0.25) is 0 Å². The average molecular weight is 128 g/mol. The molecule has 1 rings (SSSR count). The quantitative estimate of drug-likeness (QED) is 0.530. The van der Waals surface area contributed by atoms with Crippen molar-refractivity contribution < 1.29 is 9.53 Å². The predicted octanol–water partition coefficient (Wildman–Crippen LogP) is 1.00. The molecule has 0 radical (unpaired) electrons. The van der Waals surface area contributed by atoms with Crippen molar-refractivity contribution in [2.45, 2.75) is 19.8 Å². The summed E-state index contributed by atoms with van der Waals surface area (Å²) in [4.78, 5) is 10.4. The van der Waals surface area contributed by atoms with Gasteiger partial charge in [-0.2, -0.15) is 0 Å². The van der Waals surface area contributed by atoms with E-state index < -0.39 is 0 Å². The highest BCUT2D eigenvalue weighted by molar-refractivity contribution is 5.60. The monoisotopic (exact) mass is 128 g/mol. The number of aldehydes is 1. The summed E-state index contributed by atoms with van der Waals surface area (Å²) in [5.41, 5.74) is -0.0885. The minimum atomic E-state index is -0.0885. The van der Waals surface area contributed by atoms with Gasteiger partial charge in [-0.25, -0.2) is 0 Å². The van der Waals surface area contributed by atoms with Gasteiger partial charge in [0, 0.05) is 0 Å². The van der Waals surface area contributed by atoms with Gasteiger partial charge in [-0.05, 0) is 6.42 Å². The fourth-order valence-corrected chi connectivity index (χ4v) is 1.13. The lowest BCUT2D eigenvalue weighted by molar-refractivity contribution is -0.147. The number of ether oxygens (including phenoxy) is 1. The Morgan fingerprint density at radius 1 is 1.67 bits per heavy atom. The summed E-state index contributed by atoms with van der Waals surface area (Å²) in [5.74, 6) is 0. The second-order valence-corrected chi connectivity index (χ2v) is 2.72. The number of hydrogen-bond donors (Lipinski definition) is 0. The van der Waals surface area contributed by atoms with Crippen molar-refractivity contribution in [1.82, 2.24) is 0 Å². The van der Waals surface area contributed by atoms with E-state index in [1.165, 1.54) is 0 Å². The Kier molecular flexibility index (Phi) is 1.86. The van der Waals surface area contributed by atoms with Gasteiger partial charge in [0.25, 0.3) is 0 Å². The van der Waals surface area contributed by atoms with E-state index in [-0.39, 0.29) is 5.41 Å². The smallest absolute Gasteiger partial charge is 0.130 e. The summed E-state index contributed by atoms with van der Waals surface area (Å²) in [6.07, 6.45) is 3.10. The largest absolute Gasteiger partial charge is 0.379 e. The summed E-state index contributed by atoms with van der Waals surface area (Å²) >= 11 is 0. The Labute approximate surface area is 55.2 Å². The van der Waals surface area contributed by atoms with Crippen molar-refractivity contribution in [3.05, 3.63) is 0 Å². The third-order valence-electron chi connectivity index (χ3n) is 1.78. The highest BCUT2D eigenvalue weighted by Crippen LogP contribution is 2.29. The van der Waals surface area contributed by atoms with Crippen LogP contribution in [-0.4, -0.2) is 19.5 Å². The molecule has 0 aliphatic carbocycles. The minimum Gasteiger partial charge on any atom is -0.379 e. The van der Waals surface area contributed by atoms with E-state index in [4.69, 9.17) is 4.74 Å². The Bertz CT molecular complexity index is 105. The average Bonchev–Trinajstić information content (AvgIpc) is 1.79. The van der Waals surface area contributed by atoms with Crippen LogP contribution in [-0.2, 0) is 9.53 Å². The van der Waals surface area contributed by atoms with Gasteiger partial charge in [-0.1, -0.05) is 13.3 Å². The molecule has 52 valence electrons. The molecule has 0 N–H and O–H groups in total. The van der Waals surface area contributed by atoms with Crippen molar-refractivity contribution in [3.8, 4) is 0 Å². The second kappa shape index (κ2) is 2.48. The fourth-order valence-electron chi connectivity index (χ4n) is 1.13. The molecule has 0 unspecified atom stereocenters. The van der Waals surface area contributed by atoms with Crippen molar-refractivity contribution in [2.24, 2.45) is 5.41 Å². The number of carbonyl (C=O) groups excluding carboxylic acids is 1. The van der Waals surface area contributed by atoms with E-state index in [1.807, 2.05) is 0 Å². The molecule has 0 amide bonds. The van der Waals surface area contributed by atoms with Crippen molar-refractivity contribution >= 4 is 6.29 Å². The van der Waals surface area contributed by atoms with Gasteiger partial charge >= 0.3 is 0 Å². The molecule has 0 aromatic heterocycles. The molecule has 0 spiro atoms. The van der Waals surface area contributed by atoms with Gasteiger partial charge < -0.3 is 9.53 Å². The number of hydrogen-bond acceptors (Lipinski definition) is 2. The standard InChI is InChI=1S/C7H12O2/c1-2-3-7(4-8)5-9-6-7/h4H,2-3,5-6H2,1H3. The lowest BCUT2D eigenvalue weighted by atomic mass is 9.83. The fraction of sp³-hybridized carbons (Fsp3) is 0.857. The first-order chi connectivity index (χ1) is 4.33. The third kappa shape index (κ3) is 1.13. The van der Waals surface area contributed by atoms with Gasteiger partial charge in [0.1, 0.15) is 6.29 Å². The summed E-state index contributed by atoms with van der Waals surface area (Å²) in [6, 6.07) is 0. The maximum absolute atomic E-state index is 10.4. The van der Waals surface area contributed by atoms with E-state index >= 15 is 0 Å². The van der Waals surface area contributed by atoms with Crippen LogP contribution in [0.2, 0.25) is 0 Å².